The highest BCUT2D eigenvalue weighted by atomic mass is 19.4. The summed E-state index contributed by atoms with van der Waals surface area (Å²) < 4.78 is 39.7. The monoisotopic (exact) mass is 393 g/mol. The number of anilines is 2. The van der Waals surface area contributed by atoms with Gasteiger partial charge in [-0.15, -0.1) is 0 Å². The van der Waals surface area contributed by atoms with E-state index < -0.39 is 22.4 Å². The van der Waals surface area contributed by atoms with Crippen molar-refractivity contribution >= 4 is 17.3 Å². The topological polar surface area (TPSA) is 111 Å². The second-order valence-corrected chi connectivity index (χ2v) is 5.59. The Hall–Kier alpha value is -3.70. The van der Waals surface area contributed by atoms with E-state index >= 15 is 0 Å². The van der Waals surface area contributed by atoms with Crippen molar-refractivity contribution in [2.75, 3.05) is 23.7 Å². The lowest BCUT2D eigenvalue weighted by molar-refractivity contribution is -0.384. The third-order valence-electron chi connectivity index (χ3n) is 3.72. The van der Waals surface area contributed by atoms with Crippen LogP contribution < -0.4 is 10.6 Å². The molecule has 0 fully saturated rings. The zero-order chi connectivity index (χ0) is 20.1. The number of halogens is 3. The van der Waals surface area contributed by atoms with Crippen LogP contribution in [0, 0.1) is 10.1 Å². The van der Waals surface area contributed by atoms with Crippen LogP contribution in [0.2, 0.25) is 0 Å². The summed E-state index contributed by atoms with van der Waals surface area (Å²) in [6.07, 6.45) is -4.65. The van der Waals surface area contributed by atoms with Crippen molar-refractivity contribution in [3.8, 4) is 5.69 Å². The second-order valence-electron chi connectivity index (χ2n) is 5.59. The summed E-state index contributed by atoms with van der Waals surface area (Å²) in [5.74, 6) is 0.356. The van der Waals surface area contributed by atoms with E-state index in [1.807, 2.05) is 30.3 Å². The van der Waals surface area contributed by atoms with Crippen LogP contribution in [0.5, 0.6) is 0 Å². The molecule has 3 aromatic rings. The molecular formula is C16H14F3N7O2. The third kappa shape index (κ3) is 4.34. The molecule has 1 heterocycles. The van der Waals surface area contributed by atoms with Gasteiger partial charge in [-0.3, -0.25) is 10.1 Å². The average molecular weight is 393 g/mol. The molecule has 0 bridgehead atoms. The van der Waals surface area contributed by atoms with Crippen LogP contribution in [0.3, 0.4) is 0 Å². The zero-order valence-electron chi connectivity index (χ0n) is 14.2. The molecule has 0 aliphatic carbocycles. The van der Waals surface area contributed by atoms with Crippen LogP contribution in [0.1, 0.15) is 5.56 Å². The van der Waals surface area contributed by atoms with Gasteiger partial charge in [-0.05, 0) is 34.7 Å². The quantitative estimate of drug-likeness (QED) is 0.360. The number of benzene rings is 2. The predicted octanol–water partition coefficient (Wildman–Crippen LogP) is 3.11. The first-order chi connectivity index (χ1) is 13.4. The molecule has 0 amide bonds. The summed E-state index contributed by atoms with van der Waals surface area (Å²) in [7, 11) is 0. The first-order valence-electron chi connectivity index (χ1n) is 8.03. The van der Waals surface area contributed by atoms with Gasteiger partial charge in [-0.25, -0.2) is 0 Å². The fraction of sp³-hybridized carbons (Fsp3) is 0.188. The Bertz CT molecular complexity index is 960. The highest BCUT2D eigenvalue weighted by Gasteiger charge is 2.32. The van der Waals surface area contributed by atoms with E-state index in [-0.39, 0.29) is 18.8 Å². The maximum atomic E-state index is 12.7. The molecule has 146 valence electrons. The number of nitrogens with one attached hydrogen (secondary N) is 2. The van der Waals surface area contributed by atoms with Crippen molar-refractivity contribution in [3.05, 3.63) is 64.2 Å². The Morgan fingerprint density at radius 3 is 2.46 bits per heavy atom. The summed E-state index contributed by atoms with van der Waals surface area (Å²) in [5.41, 5.74) is -1.00. The van der Waals surface area contributed by atoms with Gasteiger partial charge in [0.25, 0.3) is 5.69 Å². The molecule has 9 nitrogen and oxygen atoms in total. The van der Waals surface area contributed by atoms with Gasteiger partial charge >= 0.3 is 6.18 Å². The Kier molecular flexibility index (Phi) is 5.38. The Balaban J connectivity index is 1.64. The summed E-state index contributed by atoms with van der Waals surface area (Å²) in [4.78, 5) is 10.2. The Morgan fingerprint density at radius 2 is 1.79 bits per heavy atom. The number of nitro benzene ring substituents is 1. The van der Waals surface area contributed by atoms with Crippen molar-refractivity contribution in [1.29, 1.82) is 0 Å². The van der Waals surface area contributed by atoms with E-state index in [9.17, 15) is 23.3 Å². The normalized spacial score (nSPS) is 11.2. The van der Waals surface area contributed by atoms with Crippen molar-refractivity contribution < 1.29 is 18.1 Å². The van der Waals surface area contributed by atoms with Crippen LogP contribution in [0.15, 0.2) is 48.5 Å². The summed E-state index contributed by atoms with van der Waals surface area (Å²) in [5, 5.41) is 28.1. The smallest absolute Gasteiger partial charge is 0.378 e. The van der Waals surface area contributed by atoms with E-state index in [0.29, 0.717) is 12.0 Å². The number of alkyl halides is 3. The zero-order valence-corrected chi connectivity index (χ0v) is 14.2. The maximum Gasteiger partial charge on any atom is 0.416 e. The van der Waals surface area contributed by atoms with Crippen LogP contribution in [0.4, 0.5) is 30.5 Å². The molecule has 0 saturated heterocycles. The van der Waals surface area contributed by atoms with Gasteiger partial charge in [0.05, 0.1) is 16.2 Å². The van der Waals surface area contributed by atoms with Crippen LogP contribution in [0.25, 0.3) is 5.69 Å². The predicted molar refractivity (Wildman–Crippen MR) is 94.2 cm³/mol. The van der Waals surface area contributed by atoms with E-state index in [1.165, 1.54) is 4.68 Å². The number of hydrogen-bond acceptors (Lipinski definition) is 7. The Labute approximate surface area is 156 Å². The Morgan fingerprint density at radius 1 is 1.07 bits per heavy atom. The van der Waals surface area contributed by atoms with Crippen LogP contribution >= 0.6 is 0 Å². The van der Waals surface area contributed by atoms with E-state index in [2.05, 4.69) is 26.2 Å². The minimum Gasteiger partial charge on any atom is -0.378 e. The van der Waals surface area contributed by atoms with Gasteiger partial charge in [0, 0.05) is 19.2 Å². The SMILES string of the molecule is O=[N+]([O-])c1cc(C(F)(F)F)ccc1NCCNc1nnnn1-c1ccccc1. The molecule has 0 aliphatic rings. The molecule has 3 rings (SSSR count). The van der Waals surface area contributed by atoms with Gasteiger partial charge < -0.3 is 10.6 Å². The molecule has 2 aromatic carbocycles. The largest absolute Gasteiger partial charge is 0.416 e. The van der Waals surface area contributed by atoms with Gasteiger partial charge in [-0.1, -0.05) is 23.3 Å². The minimum absolute atomic E-state index is 0.0116. The van der Waals surface area contributed by atoms with Crippen molar-refractivity contribution in [2.45, 2.75) is 6.18 Å². The van der Waals surface area contributed by atoms with E-state index in [1.54, 1.807) is 0 Å². The third-order valence-corrected chi connectivity index (χ3v) is 3.72. The molecule has 0 radical (unpaired) electrons. The molecule has 0 aliphatic heterocycles. The molecule has 28 heavy (non-hydrogen) atoms. The van der Waals surface area contributed by atoms with Crippen molar-refractivity contribution in [3.63, 3.8) is 0 Å². The number of hydrogen-bond donors (Lipinski definition) is 2. The van der Waals surface area contributed by atoms with Gasteiger partial charge in [-0.2, -0.15) is 17.9 Å². The fourth-order valence-electron chi connectivity index (χ4n) is 2.42. The van der Waals surface area contributed by atoms with Crippen molar-refractivity contribution in [1.82, 2.24) is 20.2 Å². The number of nitrogens with zero attached hydrogens (tertiary/aromatic N) is 5. The lowest BCUT2D eigenvalue weighted by Crippen LogP contribution is -2.17. The molecule has 12 heteroatoms. The molecule has 1 aromatic heterocycles. The summed E-state index contributed by atoms with van der Waals surface area (Å²) in [6.45, 7) is 0.458. The standard InChI is InChI=1S/C16H14F3N7O2/c17-16(18,19)11-6-7-13(14(10-11)26(27)28)20-8-9-21-15-22-23-24-25(15)12-4-2-1-3-5-12/h1-7,10,20H,8-9H2,(H,21,22,24). The lowest BCUT2D eigenvalue weighted by atomic mass is 10.1. The number of nitro groups is 1. The number of rotatable bonds is 7. The van der Waals surface area contributed by atoms with Crippen LogP contribution in [-0.4, -0.2) is 38.2 Å². The maximum absolute atomic E-state index is 12.7. The van der Waals surface area contributed by atoms with E-state index in [4.69, 9.17) is 0 Å². The molecule has 0 saturated carbocycles. The number of para-hydroxylation sites is 1. The van der Waals surface area contributed by atoms with Gasteiger partial charge in [0.15, 0.2) is 0 Å². The number of tetrazole rings is 1. The highest BCUT2D eigenvalue weighted by Crippen LogP contribution is 2.34. The van der Waals surface area contributed by atoms with Gasteiger partial charge in [0.1, 0.15) is 5.69 Å². The molecule has 0 spiro atoms. The first-order valence-corrected chi connectivity index (χ1v) is 8.03. The minimum atomic E-state index is -4.65. The molecule has 0 atom stereocenters. The fourth-order valence-corrected chi connectivity index (χ4v) is 2.42. The van der Waals surface area contributed by atoms with E-state index in [0.717, 1.165) is 17.8 Å². The summed E-state index contributed by atoms with van der Waals surface area (Å²) >= 11 is 0. The summed E-state index contributed by atoms with van der Waals surface area (Å²) in [6, 6.07) is 11.5. The van der Waals surface area contributed by atoms with Crippen LogP contribution in [-0.2, 0) is 6.18 Å². The average Bonchev–Trinajstić information content (AvgIpc) is 3.13. The molecule has 0 unspecified atom stereocenters. The van der Waals surface area contributed by atoms with Gasteiger partial charge in [0.2, 0.25) is 5.95 Å². The lowest BCUT2D eigenvalue weighted by Gasteiger charge is -2.11. The molecule has 2 N–H and O–H groups in total. The number of aromatic nitrogens is 4. The second kappa shape index (κ2) is 7.90. The van der Waals surface area contributed by atoms with Crippen molar-refractivity contribution in [2.24, 2.45) is 0 Å². The highest BCUT2D eigenvalue weighted by molar-refractivity contribution is 5.63. The first kappa shape index (κ1) is 19.1. The molecular weight excluding hydrogens is 379 g/mol.